The standard InChI is InChI=1S/C16H14ClF2NO/c1-20(10-12-7-8-13(18)9-14(12)19)16(21)15(17)11-5-3-2-4-6-11/h2-9,15H,10H2,1H3. The highest BCUT2D eigenvalue weighted by Crippen LogP contribution is 2.23. The fraction of sp³-hybridized carbons (Fsp3) is 0.188. The Morgan fingerprint density at radius 3 is 2.48 bits per heavy atom. The molecule has 0 radical (unpaired) electrons. The highest BCUT2D eigenvalue weighted by molar-refractivity contribution is 6.30. The Morgan fingerprint density at radius 1 is 1.19 bits per heavy atom. The lowest BCUT2D eigenvalue weighted by atomic mass is 10.1. The van der Waals surface area contributed by atoms with E-state index < -0.39 is 17.0 Å². The molecule has 1 unspecified atom stereocenters. The number of carbonyl (C=O) groups excluding carboxylic acids is 1. The van der Waals surface area contributed by atoms with Gasteiger partial charge >= 0.3 is 0 Å². The third kappa shape index (κ3) is 3.79. The number of likely N-dealkylation sites (N-methyl/N-ethyl adjacent to an activating group) is 1. The molecule has 110 valence electrons. The predicted octanol–water partition coefficient (Wildman–Crippen LogP) is 3.90. The number of benzene rings is 2. The first-order valence-corrected chi connectivity index (χ1v) is 6.80. The van der Waals surface area contributed by atoms with Gasteiger partial charge in [0.05, 0.1) is 0 Å². The molecule has 0 bridgehead atoms. The maximum absolute atomic E-state index is 13.6. The Hall–Kier alpha value is -1.94. The lowest BCUT2D eigenvalue weighted by Gasteiger charge is -2.21. The summed E-state index contributed by atoms with van der Waals surface area (Å²) in [6.07, 6.45) is 0. The maximum Gasteiger partial charge on any atom is 0.245 e. The molecule has 21 heavy (non-hydrogen) atoms. The van der Waals surface area contributed by atoms with Crippen LogP contribution in [0.15, 0.2) is 48.5 Å². The van der Waals surface area contributed by atoms with Gasteiger partial charge in [0.25, 0.3) is 0 Å². The van der Waals surface area contributed by atoms with Gasteiger partial charge in [0.1, 0.15) is 17.0 Å². The number of hydrogen-bond acceptors (Lipinski definition) is 1. The monoisotopic (exact) mass is 309 g/mol. The van der Waals surface area contributed by atoms with E-state index in [0.717, 1.165) is 12.1 Å². The first-order chi connectivity index (χ1) is 9.99. The van der Waals surface area contributed by atoms with Crippen LogP contribution in [0.3, 0.4) is 0 Å². The third-order valence-corrected chi connectivity index (χ3v) is 3.55. The molecule has 0 aliphatic heterocycles. The average molecular weight is 310 g/mol. The summed E-state index contributed by atoms with van der Waals surface area (Å²) < 4.78 is 26.4. The van der Waals surface area contributed by atoms with Gasteiger partial charge in [-0.3, -0.25) is 4.79 Å². The van der Waals surface area contributed by atoms with E-state index in [-0.39, 0.29) is 18.0 Å². The van der Waals surface area contributed by atoms with Crippen LogP contribution in [0.25, 0.3) is 0 Å². The molecule has 5 heteroatoms. The van der Waals surface area contributed by atoms with Gasteiger partial charge in [-0.05, 0) is 11.6 Å². The molecule has 1 amide bonds. The molecule has 0 spiro atoms. The zero-order valence-electron chi connectivity index (χ0n) is 11.4. The fourth-order valence-electron chi connectivity index (χ4n) is 1.94. The van der Waals surface area contributed by atoms with Crippen molar-refractivity contribution in [3.63, 3.8) is 0 Å². The van der Waals surface area contributed by atoms with E-state index >= 15 is 0 Å². The van der Waals surface area contributed by atoms with Crippen LogP contribution >= 0.6 is 11.6 Å². The minimum Gasteiger partial charge on any atom is -0.340 e. The van der Waals surface area contributed by atoms with Crippen molar-refractivity contribution in [2.75, 3.05) is 7.05 Å². The summed E-state index contributed by atoms with van der Waals surface area (Å²) in [7, 11) is 1.53. The highest BCUT2D eigenvalue weighted by atomic mass is 35.5. The molecule has 0 aromatic heterocycles. The SMILES string of the molecule is CN(Cc1ccc(F)cc1F)C(=O)C(Cl)c1ccccc1. The zero-order valence-corrected chi connectivity index (χ0v) is 12.1. The summed E-state index contributed by atoms with van der Waals surface area (Å²) in [5.41, 5.74) is 0.916. The molecule has 0 N–H and O–H groups in total. The van der Waals surface area contributed by atoms with Crippen LogP contribution in [0.1, 0.15) is 16.5 Å². The van der Waals surface area contributed by atoms with Gasteiger partial charge in [-0.15, -0.1) is 11.6 Å². The number of hydrogen-bond donors (Lipinski definition) is 0. The van der Waals surface area contributed by atoms with Gasteiger partial charge in [0.2, 0.25) is 5.91 Å². The van der Waals surface area contributed by atoms with E-state index in [1.54, 1.807) is 24.3 Å². The number of halogens is 3. The highest BCUT2D eigenvalue weighted by Gasteiger charge is 2.22. The van der Waals surface area contributed by atoms with Crippen molar-refractivity contribution in [1.29, 1.82) is 0 Å². The van der Waals surface area contributed by atoms with E-state index in [0.29, 0.717) is 5.56 Å². The molecule has 1 atom stereocenters. The van der Waals surface area contributed by atoms with Crippen molar-refractivity contribution in [2.45, 2.75) is 11.9 Å². The molecule has 2 rings (SSSR count). The number of carbonyl (C=O) groups is 1. The summed E-state index contributed by atoms with van der Waals surface area (Å²) in [5, 5.41) is -0.834. The quantitative estimate of drug-likeness (QED) is 0.784. The van der Waals surface area contributed by atoms with Crippen molar-refractivity contribution in [2.24, 2.45) is 0 Å². The Bertz CT molecular complexity index is 633. The van der Waals surface area contributed by atoms with Crippen LogP contribution in [-0.4, -0.2) is 17.9 Å². The molecule has 2 aromatic carbocycles. The van der Waals surface area contributed by atoms with E-state index in [9.17, 15) is 13.6 Å². The van der Waals surface area contributed by atoms with Gasteiger partial charge in [0.15, 0.2) is 0 Å². The second-order valence-electron chi connectivity index (χ2n) is 4.70. The molecule has 0 saturated heterocycles. The predicted molar refractivity (Wildman–Crippen MR) is 77.9 cm³/mol. The van der Waals surface area contributed by atoms with Gasteiger partial charge in [0, 0.05) is 25.2 Å². The van der Waals surface area contributed by atoms with Crippen LogP contribution in [0, 0.1) is 11.6 Å². The van der Waals surface area contributed by atoms with Gasteiger partial charge in [-0.2, -0.15) is 0 Å². The van der Waals surface area contributed by atoms with Crippen LogP contribution in [0.5, 0.6) is 0 Å². The smallest absolute Gasteiger partial charge is 0.245 e. The molecule has 0 aliphatic carbocycles. The number of rotatable bonds is 4. The molecular weight excluding hydrogens is 296 g/mol. The number of nitrogens with zero attached hydrogens (tertiary/aromatic N) is 1. The molecular formula is C16H14ClF2NO. The van der Waals surface area contributed by atoms with Crippen LogP contribution in [-0.2, 0) is 11.3 Å². The van der Waals surface area contributed by atoms with Gasteiger partial charge in [-0.1, -0.05) is 36.4 Å². The Balaban J connectivity index is 2.09. The Kier molecular flexibility index (Phi) is 4.91. The summed E-state index contributed by atoms with van der Waals surface area (Å²) in [4.78, 5) is 13.5. The average Bonchev–Trinajstić information content (AvgIpc) is 2.49. The summed E-state index contributed by atoms with van der Waals surface area (Å²) in [6, 6.07) is 12.2. The molecule has 0 saturated carbocycles. The fourth-order valence-corrected chi connectivity index (χ4v) is 2.25. The van der Waals surface area contributed by atoms with E-state index in [2.05, 4.69) is 0 Å². The Morgan fingerprint density at radius 2 is 1.86 bits per heavy atom. The second-order valence-corrected chi connectivity index (χ2v) is 5.14. The van der Waals surface area contributed by atoms with Crippen molar-refractivity contribution >= 4 is 17.5 Å². The molecule has 2 aromatic rings. The Labute approximate surface area is 127 Å². The lowest BCUT2D eigenvalue weighted by molar-refractivity contribution is -0.130. The van der Waals surface area contributed by atoms with Crippen molar-refractivity contribution in [1.82, 2.24) is 4.90 Å². The van der Waals surface area contributed by atoms with Crippen LogP contribution in [0.4, 0.5) is 8.78 Å². The van der Waals surface area contributed by atoms with Gasteiger partial charge in [-0.25, -0.2) is 8.78 Å². The first kappa shape index (κ1) is 15.4. The lowest BCUT2D eigenvalue weighted by Crippen LogP contribution is -2.29. The zero-order chi connectivity index (χ0) is 15.4. The number of alkyl halides is 1. The third-order valence-electron chi connectivity index (χ3n) is 3.11. The largest absolute Gasteiger partial charge is 0.340 e. The van der Waals surface area contributed by atoms with Gasteiger partial charge < -0.3 is 4.90 Å². The van der Waals surface area contributed by atoms with E-state index in [1.807, 2.05) is 6.07 Å². The molecule has 0 aliphatic rings. The maximum atomic E-state index is 13.6. The van der Waals surface area contributed by atoms with E-state index in [1.165, 1.54) is 18.0 Å². The first-order valence-electron chi connectivity index (χ1n) is 6.37. The van der Waals surface area contributed by atoms with Crippen molar-refractivity contribution in [3.05, 3.63) is 71.3 Å². The minimum atomic E-state index is -0.834. The second kappa shape index (κ2) is 6.68. The summed E-state index contributed by atoms with van der Waals surface area (Å²) in [6.45, 7) is 0.0288. The minimum absolute atomic E-state index is 0.0288. The van der Waals surface area contributed by atoms with E-state index in [4.69, 9.17) is 11.6 Å². The number of amides is 1. The summed E-state index contributed by atoms with van der Waals surface area (Å²) >= 11 is 6.14. The topological polar surface area (TPSA) is 20.3 Å². The van der Waals surface area contributed by atoms with Crippen molar-refractivity contribution < 1.29 is 13.6 Å². The van der Waals surface area contributed by atoms with Crippen molar-refractivity contribution in [3.8, 4) is 0 Å². The van der Waals surface area contributed by atoms with Crippen LogP contribution in [0.2, 0.25) is 0 Å². The summed E-state index contributed by atoms with van der Waals surface area (Å²) in [5.74, 6) is -1.67. The normalized spacial score (nSPS) is 12.0. The molecule has 0 heterocycles. The molecule has 2 nitrogen and oxygen atoms in total. The molecule has 0 fully saturated rings. The van der Waals surface area contributed by atoms with Crippen LogP contribution < -0.4 is 0 Å².